The molecule has 0 saturated carbocycles. The van der Waals surface area contributed by atoms with Crippen molar-refractivity contribution in [2.75, 3.05) is 6.54 Å². The number of aromatic nitrogens is 2. The molecular formula is C13H19N3O2. The monoisotopic (exact) mass is 249 g/mol. The maximum atomic E-state index is 5.72. The maximum absolute atomic E-state index is 5.72. The van der Waals surface area contributed by atoms with E-state index in [1.165, 1.54) is 0 Å². The number of aromatic amines is 1. The normalized spacial score (nSPS) is 10.8. The van der Waals surface area contributed by atoms with Crippen molar-refractivity contribution in [1.29, 1.82) is 0 Å². The highest BCUT2D eigenvalue weighted by molar-refractivity contribution is 5.20. The Balaban J connectivity index is 1.93. The van der Waals surface area contributed by atoms with Crippen LogP contribution in [0.15, 0.2) is 16.5 Å². The lowest BCUT2D eigenvalue weighted by Gasteiger charge is -2.00. The van der Waals surface area contributed by atoms with Crippen molar-refractivity contribution in [1.82, 2.24) is 15.5 Å². The molecular weight excluding hydrogens is 230 g/mol. The third-order valence-electron chi connectivity index (χ3n) is 2.65. The molecule has 5 heteroatoms. The minimum Gasteiger partial charge on any atom is -0.468 e. The number of ether oxygens (including phenoxy) is 1. The first-order chi connectivity index (χ1) is 8.69. The molecule has 18 heavy (non-hydrogen) atoms. The van der Waals surface area contributed by atoms with E-state index in [2.05, 4.69) is 22.4 Å². The predicted molar refractivity (Wildman–Crippen MR) is 68.5 cm³/mol. The molecule has 98 valence electrons. The summed E-state index contributed by atoms with van der Waals surface area (Å²) in [6, 6.07) is 3.86. The number of hydrogen-bond donors (Lipinski definition) is 2. The average Bonchev–Trinajstić information content (AvgIpc) is 2.91. The lowest BCUT2D eigenvalue weighted by atomic mass is 10.2. The number of nitrogens with one attached hydrogen (secondary N) is 2. The molecule has 5 nitrogen and oxygen atoms in total. The molecule has 2 rings (SSSR count). The van der Waals surface area contributed by atoms with Crippen molar-refractivity contribution in [2.24, 2.45) is 0 Å². The van der Waals surface area contributed by atoms with Crippen molar-refractivity contribution in [3.05, 3.63) is 34.9 Å². The molecule has 0 fully saturated rings. The zero-order chi connectivity index (χ0) is 13.0. The molecule has 2 aromatic heterocycles. The van der Waals surface area contributed by atoms with Gasteiger partial charge in [-0.3, -0.25) is 5.10 Å². The van der Waals surface area contributed by atoms with E-state index >= 15 is 0 Å². The quantitative estimate of drug-likeness (QED) is 0.824. The van der Waals surface area contributed by atoms with Crippen LogP contribution in [-0.4, -0.2) is 16.7 Å². The van der Waals surface area contributed by atoms with E-state index in [-0.39, 0.29) is 0 Å². The van der Waals surface area contributed by atoms with Gasteiger partial charge in [0.1, 0.15) is 18.1 Å². The molecule has 2 aromatic rings. The number of rotatable bonds is 6. The first-order valence-electron chi connectivity index (χ1n) is 6.12. The van der Waals surface area contributed by atoms with E-state index < -0.39 is 0 Å². The maximum Gasteiger partial charge on any atom is 0.233 e. The predicted octanol–water partition coefficient (Wildman–Crippen LogP) is 2.31. The highest BCUT2D eigenvalue weighted by Gasteiger charge is 2.08. The minimum atomic E-state index is 0.400. The second-order valence-corrected chi connectivity index (χ2v) is 4.28. The fraction of sp³-hybridized carbons (Fsp3) is 0.462. The summed E-state index contributed by atoms with van der Waals surface area (Å²) in [6.45, 7) is 8.13. The van der Waals surface area contributed by atoms with E-state index in [0.29, 0.717) is 12.5 Å². The molecule has 0 aliphatic carbocycles. The number of H-pyrrole nitrogens is 1. The molecule has 0 bridgehead atoms. The molecule has 0 aliphatic heterocycles. The number of nitrogens with zero attached hydrogens (tertiary/aromatic N) is 1. The molecule has 0 unspecified atom stereocenters. The van der Waals surface area contributed by atoms with Crippen LogP contribution in [0.1, 0.15) is 29.7 Å². The zero-order valence-corrected chi connectivity index (χ0v) is 11.0. The Bertz CT molecular complexity index is 502. The van der Waals surface area contributed by atoms with Gasteiger partial charge < -0.3 is 14.5 Å². The Morgan fingerprint density at radius 3 is 2.89 bits per heavy atom. The van der Waals surface area contributed by atoms with Gasteiger partial charge in [-0.1, -0.05) is 6.92 Å². The SMILES string of the molecule is CCNCc1oc(COc2cc(C)[nH]n2)cc1C. The van der Waals surface area contributed by atoms with Gasteiger partial charge in [0.25, 0.3) is 0 Å². The molecule has 0 amide bonds. The van der Waals surface area contributed by atoms with Crippen LogP contribution in [0.5, 0.6) is 5.88 Å². The molecule has 0 aromatic carbocycles. The number of hydrogen-bond acceptors (Lipinski definition) is 4. The van der Waals surface area contributed by atoms with Crippen LogP contribution >= 0.6 is 0 Å². The molecule has 0 aliphatic rings. The summed E-state index contributed by atoms with van der Waals surface area (Å²) >= 11 is 0. The second-order valence-electron chi connectivity index (χ2n) is 4.28. The number of aryl methyl sites for hydroxylation is 2. The third-order valence-corrected chi connectivity index (χ3v) is 2.65. The van der Waals surface area contributed by atoms with E-state index in [1.807, 2.05) is 26.0 Å². The summed E-state index contributed by atoms with van der Waals surface area (Å²) in [4.78, 5) is 0. The number of furan rings is 1. The lowest BCUT2D eigenvalue weighted by Crippen LogP contribution is -2.11. The Labute approximate surface area is 107 Å². The van der Waals surface area contributed by atoms with E-state index in [0.717, 1.165) is 35.9 Å². The molecule has 2 heterocycles. The van der Waals surface area contributed by atoms with E-state index in [4.69, 9.17) is 9.15 Å². The lowest BCUT2D eigenvalue weighted by molar-refractivity contribution is 0.255. The first-order valence-corrected chi connectivity index (χ1v) is 6.12. The van der Waals surface area contributed by atoms with Crippen LogP contribution in [0, 0.1) is 13.8 Å². The summed E-state index contributed by atoms with van der Waals surface area (Å²) < 4.78 is 11.2. The fourth-order valence-electron chi connectivity index (χ4n) is 1.69. The topological polar surface area (TPSA) is 63.1 Å². The first kappa shape index (κ1) is 12.7. The molecule has 0 atom stereocenters. The summed E-state index contributed by atoms with van der Waals surface area (Å²) in [5.74, 6) is 2.38. The van der Waals surface area contributed by atoms with Crippen LogP contribution in [0.25, 0.3) is 0 Å². The largest absolute Gasteiger partial charge is 0.468 e. The summed E-state index contributed by atoms with van der Waals surface area (Å²) in [7, 11) is 0. The van der Waals surface area contributed by atoms with Crippen LogP contribution in [0.4, 0.5) is 0 Å². The fourth-order valence-corrected chi connectivity index (χ4v) is 1.69. The van der Waals surface area contributed by atoms with Crippen molar-refractivity contribution in [3.63, 3.8) is 0 Å². The van der Waals surface area contributed by atoms with Gasteiger partial charge >= 0.3 is 0 Å². The standard InChI is InChI=1S/C13H19N3O2/c1-4-14-7-12-9(2)5-11(18-12)8-17-13-6-10(3)15-16-13/h5-6,14H,4,7-8H2,1-3H3,(H,15,16). The van der Waals surface area contributed by atoms with Gasteiger partial charge in [0.2, 0.25) is 5.88 Å². The van der Waals surface area contributed by atoms with Crippen LogP contribution in [0.3, 0.4) is 0 Å². The average molecular weight is 249 g/mol. The van der Waals surface area contributed by atoms with Gasteiger partial charge in [-0.2, -0.15) is 0 Å². The smallest absolute Gasteiger partial charge is 0.233 e. The Morgan fingerprint density at radius 2 is 2.22 bits per heavy atom. The highest BCUT2D eigenvalue weighted by Crippen LogP contribution is 2.16. The van der Waals surface area contributed by atoms with Gasteiger partial charge in [0, 0.05) is 11.8 Å². The molecule has 0 spiro atoms. The zero-order valence-electron chi connectivity index (χ0n) is 11.0. The van der Waals surface area contributed by atoms with Gasteiger partial charge in [-0.25, -0.2) is 0 Å². The van der Waals surface area contributed by atoms with Gasteiger partial charge in [-0.15, -0.1) is 5.10 Å². The summed E-state index contributed by atoms with van der Waals surface area (Å²) in [5, 5.41) is 10.1. The molecule has 0 saturated heterocycles. The minimum absolute atomic E-state index is 0.400. The van der Waals surface area contributed by atoms with Gasteiger partial charge in [0.05, 0.1) is 6.54 Å². The van der Waals surface area contributed by atoms with Crippen molar-refractivity contribution < 1.29 is 9.15 Å². The van der Waals surface area contributed by atoms with Crippen LogP contribution in [-0.2, 0) is 13.2 Å². The van der Waals surface area contributed by atoms with Crippen molar-refractivity contribution in [2.45, 2.75) is 33.9 Å². The Kier molecular flexibility index (Phi) is 4.04. The highest BCUT2D eigenvalue weighted by atomic mass is 16.5. The van der Waals surface area contributed by atoms with E-state index in [1.54, 1.807) is 0 Å². The Morgan fingerprint density at radius 1 is 1.39 bits per heavy atom. The summed E-state index contributed by atoms with van der Waals surface area (Å²) in [5.41, 5.74) is 2.13. The van der Waals surface area contributed by atoms with Crippen LogP contribution < -0.4 is 10.1 Å². The van der Waals surface area contributed by atoms with E-state index in [9.17, 15) is 0 Å². The van der Waals surface area contributed by atoms with Crippen LogP contribution in [0.2, 0.25) is 0 Å². The van der Waals surface area contributed by atoms with Crippen molar-refractivity contribution >= 4 is 0 Å². The molecule has 2 N–H and O–H groups in total. The Hall–Kier alpha value is -1.75. The summed E-state index contributed by atoms with van der Waals surface area (Å²) in [6.07, 6.45) is 0. The molecule has 0 radical (unpaired) electrons. The van der Waals surface area contributed by atoms with Gasteiger partial charge in [-0.05, 0) is 32.0 Å². The van der Waals surface area contributed by atoms with Crippen molar-refractivity contribution in [3.8, 4) is 5.88 Å². The van der Waals surface area contributed by atoms with Gasteiger partial charge in [0.15, 0.2) is 0 Å². The second kappa shape index (κ2) is 5.73. The third kappa shape index (κ3) is 3.13.